The van der Waals surface area contributed by atoms with Crippen LogP contribution in [0.2, 0.25) is 0 Å². The molecule has 2 aromatic rings. The zero-order valence-corrected chi connectivity index (χ0v) is 14.3. The molecule has 0 aliphatic rings. The Morgan fingerprint density at radius 2 is 1.96 bits per heavy atom. The van der Waals surface area contributed by atoms with E-state index in [2.05, 4.69) is 5.32 Å². The van der Waals surface area contributed by atoms with Gasteiger partial charge in [0.05, 0.1) is 33.1 Å². The van der Waals surface area contributed by atoms with E-state index in [4.69, 9.17) is 14.6 Å². The monoisotopic (exact) mass is 349 g/mol. The van der Waals surface area contributed by atoms with E-state index in [1.165, 1.54) is 25.6 Å². The van der Waals surface area contributed by atoms with Crippen molar-refractivity contribution in [1.82, 2.24) is 5.32 Å². The van der Waals surface area contributed by atoms with Crippen LogP contribution in [0, 0.1) is 0 Å². The van der Waals surface area contributed by atoms with Gasteiger partial charge in [0.1, 0.15) is 0 Å². The first kappa shape index (κ1) is 17.8. The minimum atomic E-state index is -0.994. The molecule has 1 amide bonds. The maximum Gasteiger partial charge on any atom is 0.305 e. The summed E-state index contributed by atoms with van der Waals surface area (Å²) in [6.45, 7) is 0. The number of carboxylic acid groups (broad SMARTS) is 1. The van der Waals surface area contributed by atoms with Crippen molar-refractivity contribution in [3.05, 3.63) is 46.2 Å². The number of rotatable bonds is 8. The van der Waals surface area contributed by atoms with Crippen LogP contribution in [-0.2, 0) is 16.0 Å². The summed E-state index contributed by atoms with van der Waals surface area (Å²) < 4.78 is 10.4. The van der Waals surface area contributed by atoms with Gasteiger partial charge in [-0.2, -0.15) is 0 Å². The van der Waals surface area contributed by atoms with Crippen molar-refractivity contribution >= 4 is 23.2 Å². The summed E-state index contributed by atoms with van der Waals surface area (Å²) in [7, 11) is 3.03. The second-order valence-corrected chi connectivity index (χ2v) is 6.12. The van der Waals surface area contributed by atoms with Gasteiger partial charge >= 0.3 is 5.97 Å². The minimum absolute atomic E-state index is 0.217. The Morgan fingerprint density at radius 3 is 2.54 bits per heavy atom. The first-order valence-corrected chi connectivity index (χ1v) is 8.17. The largest absolute Gasteiger partial charge is 0.493 e. The van der Waals surface area contributed by atoms with Crippen LogP contribution in [0.1, 0.15) is 22.9 Å². The van der Waals surface area contributed by atoms with Crippen molar-refractivity contribution in [3.8, 4) is 11.5 Å². The van der Waals surface area contributed by atoms with Gasteiger partial charge in [-0.3, -0.25) is 9.59 Å². The molecule has 24 heavy (non-hydrogen) atoms. The van der Waals surface area contributed by atoms with Crippen molar-refractivity contribution in [1.29, 1.82) is 0 Å². The van der Waals surface area contributed by atoms with Gasteiger partial charge < -0.3 is 19.9 Å². The van der Waals surface area contributed by atoms with Crippen molar-refractivity contribution in [3.63, 3.8) is 0 Å². The lowest BCUT2D eigenvalue weighted by molar-refractivity contribution is -0.137. The van der Waals surface area contributed by atoms with Crippen molar-refractivity contribution < 1.29 is 24.2 Å². The second kappa shape index (κ2) is 8.35. The number of carbonyl (C=O) groups is 2. The predicted octanol–water partition coefficient (Wildman–Crippen LogP) is 2.64. The Kier molecular flexibility index (Phi) is 6.20. The summed E-state index contributed by atoms with van der Waals surface area (Å²) in [4.78, 5) is 24.3. The number of ether oxygens (including phenoxy) is 2. The summed E-state index contributed by atoms with van der Waals surface area (Å²) in [6.07, 6.45) is 0.00669. The van der Waals surface area contributed by atoms with E-state index < -0.39 is 12.0 Å². The number of aliphatic carboxylic acids is 1. The Balaban J connectivity index is 2.18. The predicted molar refractivity (Wildman–Crippen MR) is 90.7 cm³/mol. The molecule has 2 rings (SSSR count). The summed E-state index contributed by atoms with van der Waals surface area (Å²) in [5.41, 5.74) is 0.648. The number of carbonyl (C=O) groups excluding carboxylic acids is 1. The fourth-order valence-corrected chi connectivity index (χ4v) is 3.02. The quantitative estimate of drug-likeness (QED) is 0.765. The van der Waals surface area contributed by atoms with Crippen LogP contribution in [0.15, 0.2) is 35.7 Å². The number of thiophene rings is 1. The molecular weight excluding hydrogens is 330 g/mol. The number of nitrogens with one attached hydrogen (secondary N) is 1. The Labute approximate surface area is 144 Å². The average Bonchev–Trinajstić information content (AvgIpc) is 3.05. The van der Waals surface area contributed by atoms with Crippen LogP contribution in [0.25, 0.3) is 0 Å². The minimum Gasteiger partial charge on any atom is -0.493 e. The van der Waals surface area contributed by atoms with E-state index in [1.54, 1.807) is 18.2 Å². The third-order valence-corrected chi connectivity index (χ3v) is 4.32. The lowest BCUT2D eigenvalue weighted by Gasteiger charge is -2.19. The van der Waals surface area contributed by atoms with Crippen molar-refractivity contribution in [2.45, 2.75) is 18.9 Å². The number of carboxylic acids is 1. The summed E-state index contributed by atoms with van der Waals surface area (Å²) in [5.74, 6) is -0.192. The number of hydrogen-bond acceptors (Lipinski definition) is 5. The van der Waals surface area contributed by atoms with Gasteiger partial charge in [-0.25, -0.2) is 0 Å². The van der Waals surface area contributed by atoms with E-state index in [0.717, 1.165) is 4.88 Å². The maximum atomic E-state index is 12.2. The molecule has 0 saturated heterocycles. The Hall–Kier alpha value is -2.54. The number of methoxy groups -OCH3 is 2. The van der Waals surface area contributed by atoms with E-state index in [-0.39, 0.29) is 18.7 Å². The van der Waals surface area contributed by atoms with Crippen LogP contribution < -0.4 is 14.8 Å². The molecule has 0 aliphatic carbocycles. The molecule has 0 radical (unpaired) electrons. The molecule has 1 unspecified atom stereocenters. The van der Waals surface area contributed by atoms with Gasteiger partial charge in [-0.05, 0) is 29.1 Å². The van der Waals surface area contributed by atoms with Crippen LogP contribution in [0.5, 0.6) is 11.5 Å². The molecule has 1 heterocycles. The highest BCUT2D eigenvalue weighted by Crippen LogP contribution is 2.31. The lowest BCUT2D eigenvalue weighted by atomic mass is 10.0. The van der Waals surface area contributed by atoms with E-state index in [0.29, 0.717) is 17.1 Å². The molecule has 2 N–H and O–H groups in total. The molecule has 0 bridgehead atoms. The third-order valence-electron chi connectivity index (χ3n) is 3.44. The molecular formula is C17H19NO5S. The molecule has 1 atom stereocenters. The highest BCUT2D eigenvalue weighted by atomic mass is 32.1. The fraction of sp³-hybridized carbons (Fsp3) is 0.294. The Bertz CT molecular complexity index is 699. The number of benzene rings is 1. The van der Waals surface area contributed by atoms with Crippen LogP contribution in [0.3, 0.4) is 0 Å². The second-order valence-electron chi connectivity index (χ2n) is 5.09. The number of hydrogen-bond donors (Lipinski definition) is 2. The molecule has 0 saturated carbocycles. The molecule has 1 aromatic heterocycles. The molecule has 128 valence electrons. The first-order chi connectivity index (χ1) is 11.5. The molecule has 1 aromatic carbocycles. The van der Waals surface area contributed by atoms with Crippen LogP contribution in [0.4, 0.5) is 0 Å². The lowest BCUT2D eigenvalue weighted by Crippen LogP contribution is -2.31. The van der Waals surface area contributed by atoms with Gasteiger partial charge in [-0.1, -0.05) is 12.1 Å². The topological polar surface area (TPSA) is 84.9 Å². The standard InChI is InChI=1S/C17H19NO5S/c1-22-14-6-5-11(8-15(14)23-2)13(10-17(20)21)18-16(19)9-12-4-3-7-24-12/h3-8,13H,9-10H2,1-2H3,(H,18,19)(H,20,21). The molecule has 6 nitrogen and oxygen atoms in total. The summed E-state index contributed by atoms with van der Waals surface area (Å²) >= 11 is 1.49. The molecule has 0 spiro atoms. The van der Waals surface area contributed by atoms with E-state index >= 15 is 0 Å². The first-order valence-electron chi connectivity index (χ1n) is 7.29. The molecule has 7 heteroatoms. The van der Waals surface area contributed by atoms with Crippen molar-refractivity contribution in [2.24, 2.45) is 0 Å². The van der Waals surface area contributed by atoms with Gasteiger partial charge in [0.25, 0.3) is 0 Å². The summed E-state index contributed by atoms with van der Waals surface area (Å²) in [5, 5.41) is 13.8. The third kappa shape index (κ3) is 4.73. The van der Waals surface area contributed by atoms with E-state index in [1.807, 2.05) is 17.5 Å². The zero-order chi connectivity index (χ0) is 17.5. The number of amides is 1. The highest BCUT2D eigenvalue weighted by Gasteiger charge is 2.20. The molecule has 0 aliphatic heterocycles. The van der Waals surface area contributed by atoms with E-state index in [9.17, 15) is 9.59 Å². The Morgan fingerprint density at radius 1 is 1.21 bits per heavy atom. The zero-order valence-electron chi connectivity index (χ0n) is 13.4. The fourth-order valence-electron chi connectivity index (χ4n) is 2.31. The van der Waals surface area contributed by atoms with Crippen molar-refractivity contribution in [2.75, 3.05) is 14.2 Å². The summed E-state index contributed by atoms with van der Waals surface area (Å²) in [6, 6.07) is 8.19. The normalized spacial score (nSPS) is 11.6. The van der Waals surface area contributed by atoms with Gasteiger partial charge in [0.2, 0.25) is 5.91 Å². The van der Waals surface area contributed by atoms with Gasteiger partial charge in [0.15, 0.2) is 11.5 Å². The molecule has 0 fully saturated rings. The SMILES string of the molecule is COc1ccc(C(CC(=O)O)NC(=O)Cc2cccs2)cc1OC. The highest BCUT2D eigenvalue weighted by molar-refractivity contribution is 7.10. The van der Waals surface area contributed by atoms with Crippen LogP contribution in [-0.4, -0.2) is 31.2 Å². The van der Waals surface area contributed by atoms with Gasteiger partial charge in [-0.15, -0.1) is 11.3 Å². The smallest absolute Gasteiger partial charge is 0.305 e. The maximum absolute atomic E-state index is 12.2. The average molecular weight is 349 g/mol. The van der Waals surface area contributed by atoms with Crippen LogP contribution >= 0.6 is 11.3 Å². The van der Waals surface area contributed by atoms with Gasteiger partial charge in [0, 0.05) is 4.88 Å².